The van der Waals surface area contributed by atoms with Crippen LogP contribution in [-0.4, -0.2) is 11.5 Å². The fraction of sp³-hybridized carbons (Fsp3) is 0.333. The Morgan fingerprint density at radius 2 is 2.20 bits per heavy atom. The summed E-state index contributed by atoms with van der Waals surface area (Å²) in [7, 11) is 0. The van der Waals surface area contributed by atoms with Gasteiger partial charge in [0.1, 0.15) is 5.67 Å². The molecule has 0 radical (unpaired) electrons. The van der Waals surface area contributed by atoms with E-state index in [2.05, 4.69) is 4.98 Å². The lowest BCUT2D eigenvalue weighted by atomic mass is 9.92. The molecular weight excluding hydrogens is 191 g/mol. The lowest BCUT2D eigenvalue weighted by Crippen LogP contribution is -2.29. The molecule has 1 unspecified atom stereocenters. The molecule has 2 rings (SSSR count). The van der Waals surface area contributed by atoms with E-state index in [-0.39, 0.29) is 6.54 Å². The van der Waals surface area contributed by atoms with E-state index in [1.807, 2.05) is 31.3 Å². The Morgan fingerprint density at radius 3 is 2.87 bits per heavy atom. The minimum atomic E-state index is -1.40. The Labute approximate surface area is 88.3 Å². The molecule has 3 N–H and O–H groups in total. The van der Waals surface area contributed by atoms with Gasteiger partial charge in [0.2, 0.25) is 0 Å². The number of nitrogens with one attached hydrogen (secondary N) is 1. The maximum absolute atomic E-state index is 14.3. The lowest BCUT2D eigenvalue weighted by Gasteiger charge is -2.22. The fourth-order valence-corrected chi connectivity index (χ4v) is 1.80. The molecule has 1 heterocycles. The van der Waals surface area contributed by atoms with E-state index in [1.165, 1.54) is 0 Å². The number of H-pyrrole nitrogens is 1. The second kappa shape index (κ2) is 3.66. The van der Waals surface area contributed by atoms with Crippen LogP contribution in [0.2, 0.25) is 0 Å². The maximum atomic E-state index is 14.3. The van der Waals surface area contributed by atoms with E-state index in [4.69, 9.17) is 5.73 Å². The first-order chi connectivity index (χ1) is 7.19. The highest BCUT2D eigenvalue weighted by Crippen LogP contribution is 2.30. The van der Waals surface area contributed by atoms with Crippen LogP contribution in [0.25, 0.3) is 10.9 Å². The number of aromatic nitrogens is 1. The summed E-state index contributed by atoms with van der Waals surface area (Å²) in [5, 5.41) is 1.02. The first kappa shape index (κ1) is 10.2. The van der Waals surface area contributed by atoms with E-state index >= 15 is 0 Å². The van der Waals surface area contributed by atoms with Crippen molar-refractivity contribution >= 4 is 10.9 Å². The standard InChI is InChI=1S/C12H15FN2/c1-2-12(13,8-14)10-3-4-11-9(7-10)5-6-15-11/h3-7,15H,2,8,14H2,1H3. The zero-order valence-corrected chi connectivity index (χ0v) is 8.76. The summed E-state index contributed by atoms with van der Waals surface area (Å²) in [6, 6.07) is 7.49. The lowest BCUT2D eigenvalue weighted by molar-refractivity contribution is 0.169. The number of fused-ring (bicyclic) bond motifs is 1. The molecule has 0 saturated heterocycles. The molecule has 0 bridgehead atoms. The molecule has 1 aromatic carbocycles. The van der Waals surface area contributed by atoms with Crippen molar-refractivity contribution < 1.29 is 4.39 Å². The molecule has 1 atom stereocenters. The molecule has 0 spiro atoms. The molecule has 3 heteroatoms. The molecule has 1 aromatic heterocycles. The van der Waals surface area contributed by atoms with Crippen molar-refractivity contribution in [3.63, 3.8) is 0 Å². The smallest absolute Gasteiger partial charge is 0.147 e. The fourth-order valence-electron chi connectivity index (χ4n) is 1.80. The first-order valence-corrected chi connectivity index (χ1v) is 5.16. The summed E-state index contributed by atoms with van der Waals surface area (Å²) < 4.78 is 14.3. The number of nitrogens with two attached hydrogens (primary N) is 1. The van der Waals surface area contributed by atoms with Crippen molar-refractivity contribution in [3.05, 3.63) is 36.0 Å². The Balaban J connectivity index is 2.51. The maximum Gasteiger partial charge on any atom is 0.147 e. The van der Waals surface area contributed by atoms with Gasteiger partial charge in [0.05, 0.1) is 0 Å². The second-order valence-corrected chi connectivity index (χ2v) is 3.80. The van der Waals surface area contributed by atoms with Crippen LogP contribution in [0.1, 0.15) is 18.9 Å². The number of hydrogen-bond donors (Lipinski definition) is 2. The van der Waals surface area contributed by atoms with E-state index in [0.717, 1.165) is 10.9 Å². The highest BCUT2D eigenvalue weighted by molar-refractivity contribution is 5.80. The van der Waals surface area contributed by atoms with E-state index in [0.29, 0.717) is 12.0 Å². The van der Waals surface area contributed by atoms with Gasteiger partial charge in [-0.05, 0) is 35.6 Å². The van der Waals surface area contributed by atoms with Crippen LogP contribution in [0.15, 0.2) is 30.5 Å². The van der Waals surface area contributed by atoms with E-state index in [1.54, 1.807) is 6.07 Å². The molecule has 2 nitrogen and oxygen atoms in total. The molecule has 0 saturated carbocycles. The summed E-state index contributed by atoms with van der Waals surface area (Å²) in [6.07, 6.45) is 2.25. The Kier molecular flexibility index (Phi) is 2.49. The average Bonchev–Trinajstić information content (AvgIpc) is 2.74. The third-order valence-corrected chi connectivity index (χ3v) is 2.95. The highest BCUT2D eigenvalue weighted by Gasteiger charge is 2.28. The number of aromatic amines is 1. The number of alkyl halides is 1. The predicted octanol–water partition coefficient (Wildman–Crippen LogP) is 2.70. The first-order valence-electron chi connectivity index (χ1n) is 5.16. The van der Waals surface area contributed by atoms with Crippen molar-refractivity contribution in [1.29, 1.82) is 0 Å². The van der Waals surface area contributed by atoms with Gasteiger partial charge < -0.3 is 10.7 Å². The van der Waals surface area contributed by atoms with Gasteiger partial charge in [-0.25, -0.2) is 4.39 Å². The molecule has 0 aliphatic rings. The summed E-state index contributed by atoms with van der Waals surface area (Å²) in [4.78, 5) is 3.08. The number of rotatable bonds is 3. The molecule has 0 aliphatic heterocycles. The van der Waals surface area contributed by atoms with Crippen molar-refractivity contribution in [3.8, 4) is 0 Å². The molecule has 0 aliphatic carbocycles. The van der Waals surface area contributed by atoms with Gasteiger partial charge in [0, 0.05) is 18.3 Å². The third kappa shape index (κ3) is 1.63. The zero-order chi connectivity index (χ0) is 10.9. The SMILES string of the molecule is CCC(F)(CN)c1ccc2[nH]ccc2c1. The average molecular weight is 206 g/mol. The minimum absolute atomic E-state index is 0.0272. The van der Waals surface area contributed by atoms with Gasteiger partial charge in [0.15, 0.2) is 0 Å². The van der Waals surface area contributed by atoms with Gasteiger partial charge in [-0.1, -0.05) is 13.0 Å². The van der Waals surface area contributed by atoms with Crippen LogP contribution in [0.5, 0.6) is 0 Å². The highest BCUT2D eigenvalue weighted by atomic mass is 19.1. The van der Waals surface area contributed by atoms with Crippen molar-refractivity contribution in [1.82, 2.24) is 4.98 Å². The van der Waals surface area contributed by atoms with E-state index < -0.39 is 5.67 Å². The zero-order valence-electron chi connectivity index (χ0n) is 8.76. The van der Waals surface area contributed by atoms with Crippen LogP contribution in [-0.2, 0) is 5.67 Å². The number of benzene rings is 1. The number of hydrogen-bond acceptors (Lipinski definition) is 1. The van der Waals surface area contributed by atoms with Crippen LogP contribution in [0, 0.1) is 0 Å². The quantitative estimate of drug-likeness (QED) is 0.796. The summed E-state index contributed by atoms with van der Waals surface area (Å²) in [6.45, 7) is 1.84. The van der Waals surface area contributed by atoms with Gasteiger partial charge in [0.25, 0.3) is 0 Å². The van der Waals surface area contributed by atoms with E-state index in [9.17, 15) is 4.39 Å². The summed E-state index contributed by atoms with van der Waals surface area (Å²) in [5.74, 6) is 0. The summed E-state index contributed by atoms with van der Waals surface area (Å²) >= 11 is 0. The van der Waals surface area contributed by atoms with Crippen molar-refractivity contribution in [2.45, 2.75) is 19.0 Å². The van der Waals surface area contributed by atoms with Crippen LogP contribution >= 0.6 is 0 Å². The topological polar surface area (TPSA) is 41.8 Å². The van der Waals surface area contributed by atoms with Crippen molar-refractivity contribution in [2.24, 2.45) is 5.73 Å². The second-order valence-electron chi connectivity index (χ2n) is 3.80. The minimum Gasteiger partial charge on any atom is -0.361 e. The third-order valence-electron chi connectivity index (χ3n) is 2.95. The van der Waals surface area contributed by atoms with Crippen molar-refractivity contribution in [2.75, 3.05) is 6.54 Å². The van der Waals surface area contributed by atoms with Gasteiger partial charge in [-0.2, -0.15) is 0 Å². The molecular formula is C12H15FN2. The Hall–Kier alpha value is -1.35. The molecule has 2 aromatic rings. The van der Waals surface area contributed by atoms with Gasteiger partial charge >= 0.3 is 0 Å². The normalized spacial score (nSPS) is 15.4. The van der Waals surface area contributed by atoms with Gasteiger partial charge in [-0.3, -0.25) is 0 Å². The molecule has 0 fully saturated rings. The molecule has 15 heavy (non-hydrogen) atoms. The van der Waals surface area contributed by atoms with Crippen LogP contribution in [0.3, 0.4) is 0 Å². The number of halogens is 1. The van der Waals surface area contributed by atoms with Gasteiger partial charge in [-0.15, -0.1) is 0 Å². The Bertz CT molecular complexity index is 457. The largest absolute Gasteiger partial charge is 0.361 e. The van der Waals surface area contributed by atoms with Crippen LogP contribution < -0.4 is 5.73 Å². The predicted molar refractivity (Wildman–Crippen MR) is 60.4 cm³/mol. The monoisotopic (exact) mass is 206 g/mol. The summed E-state index contributed by atoms with van der Waals surface area (Å²) in [5.41, 5.74) is 5.78. The molecule has 80 valence electrons. The molecule has 0 amide bonds. The Morgan fingerprint density at radius 1 is 1.40 bits per heavy atom. The van der Waals surface area contributed by atoms with Crippen LogP contribution in [0.4, 0.5) is 4.39 Å².